The standard InChI is InChI=1S/C14H30N2/c1-12(2)6-9-16(5)14(11-15)8-7-13(3,4)10-14/h12H,6-11,15H2,1-5H3. The average Bonchev–Trinajstić information content (AvgIpc) is 2.52. The van der Waals surface area contributed by atoms with E-state index in [0.29, 0.717) is 5.41 Å². The molecule has 0 aliphatic heterocycles. The molecule has 0 aromatic heterocycles. The van der Waals surface area contributed by atoms with Gasteiger partial charge < -0.3 is 5.73 Å². The molecule has 16 heavy (non-hydrogen) atoms. The number of nitrogens with two attached hydrogens (primary N) is 1. The van der Waals surface area contributed by atoms with Crippen molar-refractivity contribution < 1.29 is 0 Å². The van der Waals surface area contributed by atoms with Crippen LogP contribution in [-0.4, -0.2) is 30.6 Å². The van der Waals surface area contributed by atoms with Gasteiger partial charge in [0.05, 0.1) is 0 Å². The molecule has 2 N–H and O–H groups in total. The zero-order valence-corrected chi connectivity index (χ0v) is 11.8. The van der Waals surface area contributed by atoms with Crippen LogP contribution in [0.1, 0.15) is 53.4 Å². The van der Waals surface area contributed by atoms with Crippen molar-refractivity contribution in [2.75, 3.05) is 20.1 Å². The molecule has 1 fully saturated rings. The van der Waals surface area contributed by atoms with E-state index in [9.17, 15) is 0 Å². The summed E-state index contributed by atoms with van der Waals surface area (Å²) in [5, 5.41) is 0. The summed E-state index contributed by atoms with van der Waals surface area (Å²) >= 11 is 0. The van der Waals surface area contributed by atoms with Crippen molar-refractivity contribution in [2.45, 2.75) is 58.9 Å². The van der Waals surface area contributed by atoms with Crippen LogP contribution in [0, 0.1) is 11.3 Å². The first-order valence-electron chi connectivity index (χ1n) is 6.73. The van der Waals surface area contributed by atoms with Crippen molar-refractivity contribution in [2.24, 2.45) is 17.1 Å². The van der Waals surface area contributed by atoms with Crippen molar-refractivity contribution in [3.8, 4) is 0 Å². The molecule has 1 aliphatic carbocycles. The van der Waals surface area contributed by atoms with Crippen molar-refractivity contribution >= 4 is 0 Å². The summed E-state index contributed by atoms with van der Waals surface area (Å²) in [6.45, 7) is 11.3. The molecular weight excluding hydrogens is 196 g/mol. The second-order valence-corrected chi connectivity index (χ2v) is 6.87. The Balaban J connectivity index is 2.60. The number of rotatable bonds is 5. The zero-order chi connectivity index (χ0) is 12.4. The minimum Gasteiger partial charge on any atom is -0.329 e. The average molecular weight is 226 g/mol. The molecule has 0 spiro atoms. The Labute approximate surface area is 102 Å². The summed E-state index contributed by atoms with van der Waals surface area (Å²) in [7, 11) is 2.26. The molecule has 1 saturated carbocycles. The Hall–Kier alpha value is -0.0800. The molecule has 0 bridgehead atoms. The van der Waals surface area contributed by atoms with Crippen LogP contribution in [0.5, 0.6) is 0 Å². The van der Waals surface area contributed by atoms with E-state index in [-0.39, 0.29) is 5.54 Å². The quantitative estimate of drug-likeness (QED) is 0.781. The van der Waals surface area contributed by atoms with Crippen LogP contribution in [0.15, 0.2) is 0 Å². The largest absolute Gasteiger partial charge is 0.329 e. The Morgan fingerprint density at radius 3 is 2.25 bits per heavy atom. The molecule has 2 heteroatoms. The first-order chi connectivity index (χ1) is 7.31. The molecule has 1 unspecified atom stereocenters. The summed E-state index contributed by atoms with van der Waals surface area (Å²) in [6, 6.07) is 0. The molecule has 0 aromatic carbocycles. The second-order valence-electron chi connectivity index (χ2n) is 6.87. The Kier molecular flexibility index (Phi) is 4.42. The highest BCUT2D eigenvalue weighted by Gasteiger charge is 2.44. The van der Waals surface area contributed by atoms with E-state index in [2.05, 4.69) is 39.6 Å². The molecule has 1 atom stereocenters. The maximum atomic E-state index is 6.06. The van der Waals surface area contributed by atoms with Gasteiger partial charge in [-0.1, -0.05) is 27.7 Å². The van der Waals surface area contributed by atoms with Gasteiger partial charge in [0, 0.05) is 12.1 Å². The van der Waals surface area contributed by atoms with Gasteiger partial charge in [-0.2, -0.15) is 0 Å². The fraction of sp³-hybridized carbons (Fsp3) is 1.00. The molecule has 0 aromatic rings. The topological polar surface area (TPSA) is 29.3 Å². The van der Waals surface area contributed by atoms with Crippen molar-refractivity contribution in [3.63, 3.8) is 0 Å². The zero-order valence-electron chi connectivity index (χ0n) is 11.8. The Bertz CT molecular complexity index is 223. The third-order valence-electron chi connectivity index (χ3n) is 4.31. The fourth-order valence-electron chi connectivity index (χ4n) is 2.98. The lowest BCUT2D eigenvalue weighted by molar-refractivity contribution is 0.113. The molecule has 0 radical (unpaired) electrons. The molecule has 96 valence electrons. The minimum absolute atomic E-state index is 0.276. The van der Waals surface area contributed by atoms with Crippen LogP contribution < -0.4 is 5.73 Å². The van der Waals surface area contributed by atoms with Crippen molar-refractivity contribution in [1.82, 2.24) is 4.90 Å². The lowest BCUT2D eigenvalue weighted by atomic mass is 9.86. The highest BCUT2D eigenvalue weighted by atomic mass is 15.2. The summed E-state index contributed by atoms with van der Waals surface area (Å²) < 4.78 is 0. The Morgan fingerprint density at radius 1 is 1.25 bits per heavy atom. The van der Waals surface area contributed by atoms with Crippen molar-refractivity contribution in [3.05, 3.63) is 0 Å². The van der Waals surface area contributed by atoms with Crippen molar-refractivity contribution in [1.29, 1.82) is 0 Å². The van der Waals surface area contributed by atoms with Crippen LogP contribution in [0.2, 0.25) is 0 Å². The molecular formula is C14H30N2. The van der Waals surface area contributed by atoms with E-state index in [1.165, 1.54) is 32.2 Å². The van der Waals surface area contributed by atoms with E-state index in [1.807, 2.05) is 0 Å². The molecule has 0 amide bonds. The van der Waals surface area contributed by atoms with E-state index in [1.54, 1.807) is 0 Å². The van der Waals surface area contributed by atoms with Crippen LogP contribution in [0.4, 0.5) is 0 Å². The van der Waals surface area contributed by atoms with E-state index < -0.39 is 0 Å². The Morgan fingerprint density at radius 2 is 1.88 bits per heavy atom. The third-order valence-corrected chi connectivity index (χ3v) is 4.31. The minimum atomic E-state index is 0.276. The fourth-order valence-corrected chi connectivity index (χ4v) is 2.98. The van der Waals surface area contributed by atoms with Crippen LogP contribution in [-0.2, 0) is 0 Å². The monoisotopic (exact) mass is 226 g/mol. The summed E-state index contributed by atoms with van der Waals surface area (Å²) in [5.41, 5.74) is 6.81. The maximum Gasteiger partial charge on any atom is 0.0333 e. The molecule has 0 heterocycles. The second kappa shape index (κ2) is 5.05. The highest BCUT2D eigenvalue weighted by Crippen LogP contribution is 2.45. The molecule has 1 aliphatic rings. The normalized spacial score (nSPS) is 29.2. The lowest BCUT2D eigenvalue weighted by Crippen LogP contribution is -2.51. The van der Waals surface area contributed by atoms with Gasteiger partial charge >= 0.3 is 0 Å². The maximum absolute atomic E-state index is 6.06. The van der Waals surface area contributed by atoms with Crippen LogP contribution in [0.3, 0.4) is 0 Å². The van der Waals surface area contributed by atoms with Crippen LogP contribution >= 0.6 is 0 Å². The van der Waals surface area contributed by atoms with Gasteiger partial charge in [-0.05, 0) is 50.6 Å². The predicted octanol–water partition coefficient (Wildman–Crippen LogP) is 2.87. The number of hydrogen-bond acceptors (Lipinski definition) is 2. The van der Waals surface area contributed by atoms with Gasteiger partial charge in [-0.3, -0.25) is 4.90 Å². The van der Waals surface area contributed by atoms with Gasteiger partial charge in [0.1, 0.15) is 0 Å². The number of likely N-dealkylation sites (N-methyl/N-ethyl adjacent to an activating group) is 1. The highest BCUT2D eigenvalue weighted by molar-refractivity contribution is 5.01. The van der Waals surface area contributed by atoms with E-state index in [4.69, 9.17) is 5.73 Å². The first kappa shape index (κ1) is 14.0. The van der Waals surface area contributed by atoms with E-state index >= 15 is 0 Å². The summed E-state index contributed by atoms with van der Waals surface area (Å²) in [6.07, 6.45) is 5.12. The van der Waals surface area contributed by atoms with Gasteiger partial charge in [0.25, 0.3) is 0 Å². The van der Waals surface area contributed by atoms with E-state index in [0.717, 1.165) is 12.5 Å². The number of hydrogen-bond donors (Lipinski definition) is 1. The van der Waals surface area contributed by atoms with Gasteiger partial charge in [-0.25, -0.2) is 0 Å². The van der Waals surface area contributed by atoms with Gasteiger partial charge in [0.15, 0.2) is 0 Å². The first-order valence-corrected chi connectivity index (χ1v) is 6.73. The van der Waals surface area contributed by atoms with Gasteiger partial charge in [-0.15, -0.1) is 0 Å². The molecule has 1 rings (SSSR count). The summed E-state index contributed by atoms with van der Waals surface area (Å²) in [5.74, 6) is 0.784. The van der Waals surface area contributed by atoms with Gasteiger partial charge in [0.2, 0.25) is 0 Å². The predicted molar refractivity (Wildman–Crippen MR) is 71.5 cm³/mol. The number of nitrogens with zero attached hydrogens (tertiary/aromatic N) is 1. The molecule has 2 nitrogen and oxygen atoms in total. The van der Waals surface area contributed by atoms with Crippen LogP contribution in [0.25, 0.3) is 0 Å². The third kappa shape index (κ3) is 3.21. The smallest absolute Gasteiger partial charge is 0.0333 e. The summed E-state index contributed by atoms with van der Waals surface area (Å²) in [4.78, 5) is 2.53. The lowest BCUT2D eigenvalue weighted by Gasteiger charge is -2.39. The SMILES string of the molecule is CC(C)CCN(C)C1(CN)CCC(C)(C)C1. The molecule has 0 saturated heterocycles.